The minimum absolute atomic E-state index is 0.390. The number of aromatic nitrogens is 3. The Labute approximate surface area is 108 Å². The summed E-state index contributed by atoms with van der Waals surface area (Å²) >= 11 is 0. The van der Waals surface area contributed by atoms with Crippen molar-refractivity contribution in [3.8, 4) is 6.01 Å². The predicted octanol–water partition coefficient (Wildman–Crippen LogP) is 1.55. The highest BCUT2D eigenvalue weighted by Gasteiger charge is 2.24. The zero-order valence-electron chi connectivity index (χ0n) is 11.3. The van der Waals surface area contributed by atoms with Crippen molar-refractivity contribution >= 4 is 11.9 Å². The number of nitrogens with zero attached hydrogens (tertiary/aromatic N) is 4. The molecular formula is C12H21N5O. The summed E-state index contributed by atoms with van der Waals surface area (Å²) in [6.07, 6.45) is 2.63. The third kappa shape index (κ3) is 3.45. The van der Waals surface area contributed by atoms with Crippen LogP contribution in [0.5, 0.6) is 6.01 Å². The first-order valence-electron chi connectivity index (χ1n) is 6.56. The van der Waals surface area contributed by atoms with Crippen molar-refractivity contribution in [2.45, 2.75) is 26.7 Å². The van der Waals surface area contributed by atoms with Gasteiger partial charge in [0, 0.05) is 20.1 Å². The van der Waals surface area contributed by atoms with Crippen LogP contribution in [0.1, 0.15) is 26.7 Å². The molecule has 6 heteroatoms. The summed E-state index contributed by atoms with van der Waals surface area (Å²) in [4.78, 5) is 15.0. The Hall–Kier alpha value is -1.59. The number of ether oxygens (including phenoxy) is 1. The fraction of sp³-hybridized carbons (Fsp3) is 0.750. The lowest BCUT2D eigenvalue weighted by molar-refractivity contribution is 0.312. The minimum atomic E-state index is 0.390. The third-order valence-corrected chi connectivity index (χ3v) is 2.78. The van der Waals surface area contributed by atoms with Gasteiger partial charge in [0.2, 0.25) is 11.9 Å². The molecule has 18 heavy (non-hydrogen) atoms. The second kappa shape index (κ2) is 5.84. The fourth-order valence-corrected chi connectivity index (χ4v) is 1.72. The van der Waals surface area contributed by atoms with Gasteiger partial charge in [0.25, 0.3) is 0 Å². The van der Waals surface area contributed by atoms with E-state index in [0.29, 0.717) is 24.5 Å². The van der Waals surface area contributed by atoms with Crippen molar-refractivity contribution in [1.29, 1.82) is 0 Å². The van der Waals surface area contributed by atoms with Gasteiger partial charge >= 0.3 is 6.01 Å². The molecule has 6 nitrogen and oxygen atoms in total. The van der Waals surface area contributed by atoms with Crippen LogP contribution in [0.25, 0.3) is 0 Å². The Morgan fingerprint density at radius 1 is 1.28 bits per heavy atom. The van der Waals surface area contributed by atoms with Crippen molar-refractivity contribution in [1.82, 2.24) is 15.0 Å². The van der Waals surface area contributed by atoms with Crippen molar-refractivity contribution in [2.75, 3.05) is 37.0 Å². The molecule has 1 aromatic rings. The van der Waals surface area contributed by atoms with Crippen LogP contribution < -0.4 is 15.0 Å². The summed E-state index contributed by atoms with van der Waals surface area (Å²) in [5.41, 5.74) is 0. The van der Waals surface area contributed by atoms with Gasteiger partial charge in [-0.2, -0.15) is 15.0 Å². The number of anilines is 2. The molecule has 0 radical (unpaired) electrons. The van der Waals surface area contributed by atoms with Crippen molar-refractivity contribution in [3.63, 3.8) is 0 Å². The largest absolute Gasteiger partial charge is 0.464 e. The second-order valence-electron chi connectivity index (χ2n) is 4.53. The van der Waals surface area contributed by atoms with Crippen molar-refractivity contribution < 1.29 is 4.74 Å². The van der Waals surface area contributed by atoms with Crippen LogP contribution in [-0.4, -0.2) is 41.7 Å². The lowest BCUT2D eigenvalue weighted by atomic mass is 10.4. The Morgan fingerprint density at radius 3 is 2.67 bits per heavy atom. The van der Waals surface area contributed by atoms with Gasteiger partial charge in [-0.25, -0.2) is 0 Å². The van der Waals surface area contributed by atoms with Gasteiger partial charge in [-0.3, -0.25) is 0 Å². The van der Waals surface area contributed by atoms with Gasteiger partial charge in [0.15, 0.2) is 0 Å². The van der Waals surface area contributed by atoms with E-state index in [9.17, 15) is 0 Å². The molecule has 2 rings (SSSR count). The topological polar surface area (TPSA) is 63.2 Å². The molecule has 1 fully saturated rings. The van der Waals surface area contributed by atoms with Gasteiger partial charge in [-0.1, -0.05) is 0 Å². The van der Waals surface area contributed by atoms with E-state index in [2.05, 4.69) is 25.2 Å². The Morgan fingerprint density at radius 2 is 2.06 bits per heavy atom. The number of rotatable bonds is 7. The predicted molar refractivity (Wildman–Crippen MR) is 71.2 cm³/mol. The summed E-state index contributed by atoms with van der Waals surface area (Å²) < 4.78 is 5.38. The molecule has 1 aromatic heterocycles. The van der Waals surface area contributed by atoms with Crippen LogP contribution in [0.3, 0.4) is 0 Å². The molecular weight excluding hydrogens is 230 g/mol. The molecule has 1 N–H and O–H groups in total. The van der Waals surface area contributed by atoms with E-state index < -0.39 is 0 Å². The molecule has 1 saturated carbocycles. The van der Waals surface area contributed by atoms with E-state index in [0.717, 1.165) is 19.0 Å². The first kappa shape index (κ1) is 12.9. The molecule has 0 aromatic carbocycles. The van der Waals surface area contributed by atoms with Crippen LogP contribution in [0.2, 0.25) is 0 Å². The molecule has 0 unspecified atom stereocenters. The Kier molecular flexibility index (Phi) is 4.17. The van der Waals surface area contributed by atoms with Crippen molar-refractivity contribution in [3.05, 3.63) is 0 Å². The van der Waals surface area contributed by atoms with E-state index in [4.69, 9.17) is 4.74 Å². The zero-order valence-corrected chi connectivity index (χ0v) is 11.3. The van der Waals surface area contributed by atoms with Crippen LogP contribution >= 0.6 is 0 Å². The Balaban J connectivity index is 2.14. The number of nitrogens with one attached hydrogen (secondary N) is 1. The molecule has 0 bridgehead atoms. The molecule has 0 amide bonds. The summed E-state index contributed by atoms with van der Waals surface area (Å²) in [6.45, 7) is 6.27. The van der Waals surface area contributed by atoms with Crippen LogP contribution in [0.4, 0.5) is 11.9 Å². The number of hydrogen-bond acceptors (Lipinski definition) is 6. The van der Waals surface area contributed by atoms with Gasteiger partial charge in [0.1, 0.15) is 0 Å². The zero-order chi connectivity index (χ0) is 13.0. The van der Waals surface area contributed by atoms with Crippen LogP contribution in [-0.2, 0) is 0 Å². The third-order valence-electron chi connectivity index (χ3n) is 2.78. The minimum Gasteiger partial charge on any atom is -0.464 e. The van der Waals surface area contributed by atoms with Crippen LogP contribution in [0.15, 0.2) is 0 Å². The monoisotopic (exact) mass is 251 g/mol. The van der Waals surface area contributed by atoms with E-state index in [1.54, 1.807) is 0 Å². The van der Waals surface area contributed by atoms with Crippen molar-refractivity contribution in [2.24, 2.45) is 5.92 Å². The highest BCUT2D eigenvalue weighted by molar-refractivity contribution is 5.37. The van der Waals surface area contributed by atoms with E-state index in [1.807, 2.05) is 20.9 Å². The first-order valence-corrected chi connectivity index (χ1v) is 6.56. The maximum absolute atomic E-state index is 5.38. The fourth-order valence-electron chi connectivity index (χ4n) is 1.72. The van der Waals surface area contributed by atoms with E-state index >= 15 is 0 Å². The standard InChI is InChI=1S/C12H21N5O/c1-4-13-10-14-11(16-12(15-10)18-5-2)17(3)8-9-6-7-9/h9H,4-8H2,1-3H3,(H,13,14,15,16). The smallest absolute Gasteiger partial charge is 0.323 e. The van der Waals surface area contributed by atoms with E-state index in [1.165, 1.54) is 12.8 Å². The molecule has 1 aliphatic rings. The van der Waals surface area contributed by atoms with Gasteiger partial charge < -0.3 is 15.0 Å². The normalized spacial score (nSPS) is 14.4. The average molecular weight is 251 g/mol. The first-order chi connectivity index (χ1) is 8.72. The summed E-state index contributed by atoms with van der Waals surface area (Å²) in [7, 11) is 2.01. The second-order valence-corrected chi connectivity index (χ2v) is 4.53. The molecule has 0 spiro atoms. The quantitative estimate of drug-likeness (QED) is 0.793. The maximum atomic E-state index is 5.38. The molecule has 1 heterocycles. The maximum Gasteiger partial charge on any atom is 0.323 e. The molecule has 1 aliphatic carbocycles. The number of hydrogen-bond donors (Lipinski definition) is 1. The molecule has 0 atom stereocenters. The average Bonchev–Trinajstić information content (AvgIpc) is 3.13. The summed E-state index contributed by atoms with van der Waals surface area (Å²) in [6, 6.07) is 0.390. The molecule has 100 valence electrons. The molecule has 0 aliphatic heterocycles. The van der Waals surface area contributed by atoms with E-state index in [-0.39, 0.29) is 0 Å². The highest BCUT2D eigenvalue weighted by Crippen LogP contribution is 2.30. The lowest BCUT2D eigenvalue weighted by Gasteiger charge is -2.17. The molecule has 0 saturated heterocycles. The van der Waals surface area contributed by atoms with Gasteiger partial charge in [-0.05, 0) is 32.6 Å². The van der Waals surface area contributed by atoms with Gasteiger partial charge in [0.05, 0.1) is 6.61 Å². The Bertz CT molecular complexity index is 370. The lowest BCUT2D eigenvalue weighted by Crippen LogP contribution is -2.23. The summed E-state index contributed by atoms with van der Waals surface area (Å²) in [5, 5.41) is 3.10. The summed E-state index contributed by atoms with van der Waals surface area (Å²) in [5.74, 6) is 2.05. The highest BCUT2D eigenvalue weighted by atomic mass is 16.5. The van der Waals surface area contributed by atoms with Gasteiger partial charge in [-0.15, -0.1) is 0 Å². The SMILES string of the molecule is CCNc1nc(OCC)nc(N(C)CC2CC2)n1. The van der Waals surface area contributed by atoms with Crippen LogP contribution in [0, 0.1) is 5.92 Å².